The molecule has 112 valence electrons. The van der Waals surface area contributed by atoms with E-state index in [1.807, 2.05) is 6.92 Å². The van der Waals surface area contributed by atoms with E-state index in [0.717, 1.165) is 25.0 Å². The Labute approximate surface area is 117 Å². The number of hydrogen-bond acceptors (Lipinski definition) is 5. The Balaban J connectivity index is 2.23. The number of esters is 1. The third kappa shape index (κ3) is 4.95. The summed E-state index contributed by atoms with van der Waals surface area (Å²) >= 11 is 0. The maximum absolute atomic E-state index is 10.9. The molecule has 0 amide bonds. The SMILES string of the molecule is COC(=O)CCCCC[S+]1C[C@@H](O)[C@H](O)[C@H](O)[C@@H]1C. The van der Waals surface area contributed by atoms with Gasteiger partial charge in [-0.05, 0) is 37.1 Å². The van der Waals surface area contributed by atoms with Crippen molar-refractivity contribution in [3.05, 3.63) is 0 Å². The quantitative estimate of drug-likeness (QED) is 0.359. The maximum Gasteiger partial charge on any atom is 0.305 e. The molecule has 0 saturated carbocycles. The summed E-state index contributed by atoms with van der Waals surface area (Å²) in [6, 6.07) is 0. The fourth-order valence-corrected chi connectivity index (χ4v) is 4.89. The highest BCUT2D eigenvalue weighted by molar-refractivity contribution is 7.97. The van der Waals surface area contributed by atoms with Crippen LogP contribution in [0.4, 0.5) is 0 Å². The van der Waals surface area contributed by atoms with Gasteiger partial charge >= 0.3 is 5.97 Å². The van der Waals surface area contributed by atoms with Crippen molar-refractivity contribution in [2.45, 2.75) is 56.2 Å². The zero-order valence-corrected chi connectivity index (χ0v) is 12.4. The van der Waals surface area contributed by atoms with Gasteiger partial charge < -0.3 is 20.1 Å². The van der Waals surface area contributed by atoms with Crippen LogP contribution in [0.3, 0.4) is 0 Å². The van der Waals surface area contributed by atoms with Crippen LogP contribution in [0, 0.1) is 0 Å². The summed E-state index contributed by atoms with van der Waals surface area (Å²) in [5, 5.41) is 29.1. The van der Waals surface area contributed by atoms with Crippen LogP contribution in [0.1, 0.15) is 32.6 Å². The number of carbonyl (C=O) groups excluding carboxylic acids is 1. The molecule has 1 rings (SSSR count). The topological polar surface area (TPSA) is 87.0 Å². The van der Waals surface area contributed by atoms with E-state index >= 15 is 0 Å². The molecule has 1 saturated heterocycles. The number of carbonyl (C=O) groups is 1. The monoisotopic (exact) mass is 293 g/mol. The normalized spacial score (nSPS) is 35.1. The van der Waals surface area contributed by atoms with Crippen LogP contribution in [-0.2, 0) is 20.4 Å². The van der Waals surface area contributed by atoms with E-state index in [1.165, 1.54) is 7.11 Å². The summed E-state index contributed by atoms with van der Waals surface area (Å²) in [5.74, 6) is 1.32. The second-order valence-corrected chi connectivity index (χ2v) is 7.61. The van der Waals surface area contributed by atoms with Crippen molar-refractivity contribution in [3.8, 4) is 0 Å². The molecule has 1 aliphatic heterocycles. The lowest BCUT2D eigenvalue weighted by atomic mass is 10.1. The molecular formula is C13H25O5S+. The molecule has 0 aromatic heterocycles. The maximum atomic E-state index is 10.9. The molecule has 1 aliphatic rings. The van der Waals surface area contributed by atoms with Gasteiger partial charge in [0.1, 0.15) is 35.1 Å². The molecule has 0 bridgehead atoms. The Bertz CT molecular complexity index is 286. The first kappa shape index (κ1) is 16.8. The predicted octanol–water partition coefficient (Wildman–Crippen LogP) is -0.177. The van der Waals surface area contributed by atoms with Crippen molar-refractivity contribution in [3.63, 3.8) is 0 Å². The van der Waals surface area contributed by atoms with Gasteiger partial charge in [0.15, 0.2) is 0 Å². The first-order valence-electron chi connectivity index (χ1n) is 6.74. The summed E-state index contributed by atoms with van der Waals surface area (Å²) in [4.78, 5) is 10.9. The molecule has 0 aliphatic carbocycles. The van der Waals surface area contributed by atoms with E-state index in [1.54, 1.807) is 0 Å². The van der Waals surface area contributed by atoms with Crippen molar-refractivity contribution >= 4 is 16.9 Å². The molecule has 6 heteroatoms. The molecule has 1 unspecified atom stereocenters. The van der Waals surface area contributed by atoms with E-state index in [-0.39, 0.29) is 22.1 Å². The zero-order valence-electron chi connectivity index (χ0n) is 11.6. The number of ether oxygens (including phenoxy) is 1. The van der Waals surface area contributed by atoms with Crippen LogP contribution in [-0.4, -0.2) is 63.5 Å². The summed E-state index contributed by atoms with van der Waals surface area (Å²) in [6.07, 6.45) is 0.514. The average molecular weight is 293 g/mol. The Kier molecular flexibility index (Phi) is 7.13. The fourth-order valence-electron chi connectivity index (χ4n) is 2.28. The Morgan fingerprint density at radius 2 is 1.89 bits per heavy atom. The highest BCUT2D eigenvalue weighted by Crippen LogP contribution is 2.24. The molecule has 5 nitrogen and oxygen atoms in total. The van der Waals surface area contributed by atoms with Gasteiger partial charge in [0.25, 0.3) is 0 Å². The highest BCUT2D eigenvalue weighted by atomic mass is 32.2. The second-order valence-electron chi connectivity index (χ2n) is 5.05. The third-order valence-corrected chi connectivity index (χ3v) is 6.56. The van der Waals surface area contributed by atoms with Crippen LogP contribution in [0.15, 0.2) is 0 Å². The van der Waals surface area contributed by atoms with Crippen molar-refractivity contribution < 1.29 is 24.9 Å². The first-order chi connectivity index (χ1) is 8.97. The second kappa shape index (κ2) is 8.09. The van der Waals surface area contributed by atoms with Crippen molar-refractivity contribution in [2.75, 3.05) is 18.6 Å². The lowest BCUT2D eigenvalue weighted by molar-refractivity contribution is -0.140. The van der Waals surface area contributed by atoms with Gasteiger partial charge in [-0.25, -0.2) is 0 Å². The van der Waals surface area contributed by atoms with Crippen molar-refractivity contribution in [1.82, 2.24) is 0 Å². The van der Waals surface area contributed by atoms with Crippen LogP contribution in [0.5, 0.6) is 0 Å². The molecule has 0 radical (unpaired) electrons. The van der Waals surface area contributed by atoms with Crippen LogP contribution < -0.4 is 0 Å². The molecule has 5 atom stereocenters. The van der Waals surface area contributed by atoms with Gasteiger partial charge in [-0.3, -0.25) is 4.79 Å². The minimum absolute atomic E-state index is 0.0269. The molecule has 0 aromatic carbocycles. The van der Waals surface area contributed by atoms with E-state index in [4.69, 9.17) is 0 Å². The smallest absolute Gasteiger partial charge is 0.305 e. The summed E-state index contributed by atoms with van der Waals surface area (Å²) in [5.41, 5.74) is 0. The number of hydrogen-bond donors (Lipinski definition) is 3. The van der Waals surface area contributed by atoms with Crippen LogP contribution in [0.2, 0.25) is 0 Å². The number of methoxy groups -OCH3 is 1. The van der Waals surface area contributed by atoms with E-state index in [0.29, 0.717) is 12.2 Å². The predicted molar refractivity (Wildman–Crippen MR) is 75.1 cm³/mol. The summed E-state index contributed by atoms with van der Waals surface area (Å²) in [7, 11) is 1.33. The number of aliphatic hydroxyl groups is 3. The minimum Gasteiger partial charge on any atom is -0.469 e. The fraction of sp³-hybridized carbons (Fsp3) is 0.923. The van der Waals surface area contributed by atoms with Gasteiger partial charge in [0.05, 0.1) is 7.11 Å². The zero-order chi connectivity index (χ0) is 14.4. The molecule has 1 fully saturated rings. The van der Waals surface area contributed by atoms with E-state index < -0.39 is 18.3 Å². The number of rotatable bonds is 6. The minimum atomic E-state index is -1.02. The van der Waals surface area contributed by atoms with E-state index in [2.05, 4.69) is 4.74 Å². The lowest BCUT2D eigenvalue weighted by Crippen LogP contribution is -2.55. The van der Waals surface area contributed by atoms with Crippen LogP contribution >= 0.6 is 0 Å². The first-order valence-corrected chi connectivity index (χ1v) is 8.37. The molecule has 3 N–H and O–H groups in total. The molecule has 0 aromatic rings. The largest absolute Gasteiger partial charge is 0.469 e. The molecular weight excluding hydrogens is 268 g/mol. The molecule has 19 heavy (non-hydrogen) atoms. The number of unbranched alkanes of at least 4 members (excludes halogenated alkanes) is 2. The Morgan fingerprint density at radius 3 is 2.53 bits per heavy atom. The van der Waals surface area contributed by atoms with Gasteiger partial charge in [0.2, 0.25) is 0 Å². The summed E-state index contributed by atoms with van der Waals surface area (Å²) in [6.45, 7) is 1.93. The van der Waals surface area contributed by atoms with Gasteiger partial charge in [-0.15, -0.1) is 0 Å². The molecule has 1 heterocycles. The Morgan fingerprint density at radius 1 is 1.21 bits per heavy atom. The summed E-state index contributed by atoms with van der Waals surface area (Å²) < 4.78 is 4.57. The van der Waals surface area contributed by atoms with Crippen molar-refractivity contribution in [1.29, 1.82) is 0 Å². The Hall–Kier alpha value is -0.300. The lowest BCUT2D eigenvalue weighted by Gasteiger charge is -2.33. The standard InChI is InChI=1S/C13H25O5S/c1-9-12(16)13(17)10(14)8-19(9)7-5-3-4-6-11(15)18-2/h9-10,12-14,16-17H,3-8H2,1-2H3/q+1/t9-,10+,12+,13-,19?/m0/s1. The third-order valence-electron chi connectivity index (χ3n) is 3.65. The highest BCUT2D eigenvalue weighted by Gasteiger charge is 2.46. The van der Waals surface area contributed by atoms with Gasteiger partial charge in [-0.2, -0.15) is 0 Å². The number of aliphatic hydroxyl groups excluding tert-OH is 3. The molecule has 0 spiro atoms. The van der Waals surface area contributed by atoms with Crippen LogP contribution in [0.25, 0.3) is 0 Å². The average Bonchev–Trinajstić information content (AvgIpc) is 2.41. The van der Waals surface area contributed by atoms with Gasteiger partial charge in [-0.1, -0.05) is 0 Å². The van der Waals surface area contributed by atoms with E-state index in [9.17, 15) is 20.1 Å². The van der Waals surface area contributed by atoms with Gasteiger partial charge in [0, 0.05) is 6.42 Å². The van der Waals surface area contributed by atoms with Crippen molar-refractivity contribution in [2.24, 2.45) is 0 Å².